The number of morpholine rings is 1. The minimum absolute atomic E-state index is 0.0440. The quantitative estimate of drug-likeness (QED) is 0.245. The number of nitrogens with zero attached hydrogens (tertiary/aromatic N) is 9. The number of ether oxygens (including phenoxy) is 1. The van der Waals surface area contributed by atoms with Gasteiger partial charge in [-0.15, -0.1) is 5.10 Å². The number of amides is 2. The Kier molecular flexibility index (Phi) is 9.38. The van der Waals surface area contributed by atoms with Gasteiger partial charge in [0.05, 0.1) is 35.3 Å². The molecule has 5 aromatic rings. The molecule has 6 heterocycles. The number of benzene rings is 1. The first-order valence-corrected chi connectivity index (χ1v) is 19.0. The van der Waals surface area contributed by atoms with Gasteiger partial charge in [0.1, 0.15) is 18.7 Å². The van der Waals surface area contributed by atoms with E-state index < -0.39 is 5.41 Å². The van der Waals surface area contributed by atoms with Gasteiger partial charge in [0.25, 0.3) is 11.5 Å². The summed E-state index contributed by atoms with van der Waals surface area (Å²) in [5.74, 6) is 0.302. The number of aromatic hydroxyl groups is 1. The molecule has 280 valence electrons. The van der Waals surface area contributed by atoms with Gasteiger partial charge >= 0.3 is 0 Å². The van der Waals surface area contributed by atoms with Crippen LogP contribution in [0.15, 0.2) is 45.9 Å². The molecule has 0 bridgehead atoms. The largest absolute Gasteiger partial charge is 0.504 e. The first kappa shape index (κ1) is 36.1. The van der Waals surface area contributed by atoms with E-state index >= 15 is 0 Å². The lowest BCUT2D eigenvalue weighted by Gasteiger charge is -2.39. The van der Waals surface area contributed by atoms with E-state index in [1.54, 1.807) is 34.6 Å². The highest BCUT2D eigenvalue weighted by molar-refractivity contribution is 9.10. The number of pyridine rings is 1. The molecule has 0 saturated carbocycles. The van der Waals surface area contributed by atoms with Gasteiger partial charge in [0, 0.05) is 52.9 Å². The van der Waals surface area contributed by atoms with Crippen LogP contribution in [-0.2, 0) is 21.5 Å². The fourth-order valence-corrected chi connectivity index (χ4v) is 8.90. The predicted octanol–water partition coefficient (Wildman–Crippen LogP) is 4.64. The smallest absolute Gasteiger partial charge is 0.279 e. The van der Waals surface area contributed by atoms with Gasteiger partial charge < -0.3 is 29.5 Å². The number of halogens is 2. The lowest BCUT2D eigenvalue weighted by Crippen LogP contribution is -2.46. The normalized spacial score (nSPS) is 18.0. The molecule has 1 spiro atoms. The third-order valence-corrected chi connectivity index (χ3v) is 11.7. The monoisotopic (exact) mass is 816 g/mol. The van der Waals surface area contributed by atoms with E-state index in [4.69, 9.17) is 31.4 Å². The van der Waals surface area contributed by atoms with E-state index in [1.165, 1.54) is 10.8 Å². The van der Waals surface area contributed by atoms with Crippen LogP contribution in [-0.4, -0.2) is 95.3 Å². The number of piperidine rings is 1. The van der Waals surface area contributed by atoms with Crippen LogP contribution < -0.4 is 15.8 Å². The zero-order valence-corrected chi connectivity index (χ0v) is 32.3. The van der Waals surface area contributed by atoms with Gasteiger partial charge in [-0.3, -0.25) is 14.4 Å². The van der Waals surface area contributed by atoms with Crippen molar-refractivity contribution in [2.75, 3.05) is 49.6 Å². The van der Waals surface area contributed by atoms with Crippen molar-refractivity contribution < 1.29 is 19.4 Å². The Morgan fingerprint density at radius 1 is 1.06 bits per heavy atom. The maximum atomic E-state index is 14.7. The van der Waals surface area contributed by atoms with Crippen molar-refractivity contribution >= 4 is 56.6 Å². The molecule has 8 rings (SSSR count). The highest BCUT2D eigenvalue weighted by atomic mass is 79.9. The van der Waals surface area contributed by atoms with Gasteiger partial charge in [0.15, 0.2) is 17.3 Å². The second-order valence-corrected chi connectivity index (χ2v) is 15.5. The molecular formula is C37H38BrClN10O5. The number of anilines is 2. The Hall–Kier alpha value is -4.93. The van der Waals surface area contributed by atoms with Crippen molar-refractivity contribution in [2.45, 2.75) is 57.9 Å². The van der Waals surface area contributed by atoms with Crippen LogP contribution in [0.1, 0.15) is 65.2 Å². The summed E-state index contributed by atoms with van der Waals surface area (Å²) in [4.78, 5) is 63.6. The molecular weight excluding hydrogens is 780 g/mol. The molecule has 17 heteroatoms. The van der Waals surface area contributed by atoms with E-state index in [0.29, 0.717) is 84.6 Å². The van der Waals surface area contributed by atoms with E-state index in [9.17, 15) is 19.5 Å². The van der Waals surface area contributed by atoms with E-state index in [2.05, 4.69) is 43.0 Å². The molecule has 1 aromatic carbocycles. The van der Waals surface area contributed by atoms with E-state index in [-0.39, 0.29) is 47.1 Å². The zero-order chi connectivity index (χ0) is 37.9. The van der Waals surface area contributed by atoms with Crippen molar-refractivity contribution in [2.24, 2.45) is 0 Å². The number of carbonyl (C=O) groups is 2. The number of likely N-dealkylation sites (tertiary alicyclic amines) is 1. The molecule has 54 heavy (non-hydrogen) atoms. The molecule has 4 aromatic heterocycles. The molecule has 2 N–H and O–H groups in total. The molecule has 2 fully saturated rings. The Balaban J connectivity index is 1.19. The van der Waals surface area contributed by atoms with Crippen molar-refractivity contribution in [1.29, 1.82) is 0 Å². The third kappa shape index (κ3) is 6.29. The zero-order valence-electron chi connectivity index (χ0n) is 30.0. The van der Waals surface area contributed by atoms with Crippen LogP contribution in [0, 0.1) is 13.8 Å². The van der Waals surface area contributed by atoms with Crippen molar-refractivity contribution in [3.8, 4) is 17.1 Å². The summed E-state index contributed by atoms with van der Waals surface area (Å²) >= 11 is 9.87. The number of rotatable bonds is 6. The first-order valence-electron chi connectivity index (χ1n) is 17.8. The van der Waals surface area contributed by atoms with Crippen molar-refractivity contribution in [3.05, 3.63) is 84.8 Å². The summed E-state index contributed by atoms with van der Waals surface area (Å²) in [6.07, 6.45) is 2.90. The standard InChI is InChI=1S/C37H38BrClN10O5/c1-20-17-37(8-10-47(11-9-37)35(53)30-32(51)22(3)40-19-41-30)29-31(20)48(18-28(50)43-26-6-4-23(38)16-25(26)39)36-44-33(45-49(36)34(29)52)24-5-7-27(42-21(24)2)46-12-14-54-15-13-46/h4-7,16,19-20,51H,8-15,17-18H2,1-3H3,(H,43,50)/t20-/m1/s1. The van der Waals surface area contributed by atoms with Crippen LogP contribution in [0.3, 0.4) is 0 Å². The van der Waals surface area contributed by atoms with Gasteiger partial charge in [0.2, 0.25) is 11.7 Å². The molecule has 15 nitrogen and oxygen atoms in total. The fourth-order valence-electron chi connectivity index (χ4n) is 8.18. The summed E-state index contributed by atoms with van der Waals surface area (Å²) in [7, 11) is 0. The molecule has 2 aliphatic heterocycles. The lowest BCUT2D eigenvalue weighted by atomic mass is 9.73. The average Bonchev–Trinajstić information content (AvgIpc) is 3.72. The SMILES string of the molecule is Cc1nc(N2CCOCC2)ccc1-c1nc2n(CC(=O)Nc3ccc(Br)cc3Cl)c3c(c(=O)n2n1)C1(CCN(C(=O)c2ncnc(C)c2O)CC1)C[C@H]3C. The number of nitrogens with one attached hydrogen (secondary N) is 1. The van der Waals surface area contributed by atoms with Crippen molar-refractivity contribution in [3.63, 3.8) is 0 Å². The topological polar surface area (TPSA) is 173 Å². The minimum atomic E-state index is -0.586. The van der Waals surface area contributed by atoms with Crippen LogP contribution in [0.25, 0.3) is 17.2 Å². The first-order chi connectivity index (χ1) is 25.9. The number of hydrogen-bond acceptors (Lipinski definition) is 11. The highest BCUT2D eigenvalue weighted by Gasteiger charge is 2.49. The molecule has 1 aliphatic carbocycles. The van der Waals surface area contributed by atoms with Crippen LogP contribution in [0.5, 0.6) is 5.75 Å². The molecule has 0 unspecified atom stereocenters. The van der Waals surface area contributed by atoms with Gasteiger partial charge in [-0.2, -0.15) is 9.50 Å². The minimum Gasteiger partial charge on any atom is -0.504 e. The second-order valence-electron chi connectivity index (χ2n) is 14.2. The highest BCUT2D eigenvalue weighted by Crippen LogP contribution is 2.50. The number of aromatic nitrogens is 7. The summed E-state index contributed by atoms with van der Waals surface area (Å²) in [6.45, 7) is 8.84. The Morgan fingerprint density at radius 3 is 2.54 bits per heavy atom. The fraction of sp³-hybridized carbons (Fsp3) is 0.405. The lowest BCUT2D eigenvalue weighted by molar-refractivity contribution is -0.116. The summed E-state index contributed by atoms with van der Waals surface area (Å²) in [5, 5.41) is 18.6. The van der Waals surface area contributed by atoms with E-state index in [0.717, 1.165) is 29.1 Å². The third-order valence-electron chi connectivity index (χ3n) is 10.8. The number of carbonyl (C=O) groups excluding carboxylic acids is 2. The predicted molar refractivity (Wildman–Crippen MR) is 204 cm³/mol. The Labute approximate surface area is 323 Å². The molecule has 1 atom stereocenters. The molecule has 0 radical (unpaired) electrons. The number of aryl methyl sites for hydroxylation is 2. The Bertz CT molecular complexity index is 2390. The summed E-state index contributed by atoms with van der Waals surface area (Å²) < 4.78 is 9.39. The van der Waals surface area contributed by atoms with Gasteiger partial charge in [-0.25, -0.2) is 15.0 Å². The average molecular weight is 818 g/mol. The Morgan fingerprint density at radius 2 is 1.81 bits per heavy atom. The molecule has 3 aliphatic rings. The van der Waals surface area contributed by atoms with E-state index in [1.807, 2.05) is 19.1 Å². The van der Waals surface area contributed by atoms with Gasteiger partial charge in [-0.05, 0) is 69.4 Å². The van der Waals surface area contributed by atoms with Crippen LogP contribution in [0.2, 0.25) is 5.02 Å². The molecule has 2 saturated heterocycles. The van der Waals surface area contributed by atoms with Gasteiger partial charge in [-0.1, -0.05) is 34.5 Å². The van der Waals surface area contributed by atoms with Crippen LogP contribution in [0.4, 0.5) is 11.5 Å². The summed E-state index contributed by atoms with van der Waals surface area (Å²) in [6, 6.07) is 9.05. The van der Waals surface area contributed by atoms with Crippen molar-refractivity contribution in [1.82, 2.24) is 39.0 Å². The van der Waals surface area contributed by atoms with Crippen LogP contribution >= 0.6 is 27.5 Å². The summed E-state index contributed by atoms with van der Waals surface area (Å²) in [5.41, 5.74) is 2.53. The maximum Gasteiger partial charge on any atom is 0.279 e. The maximum absolute atomic E-state index is 14.7. The second kappa shape index (κ2) is 14.0. The number of hydrogen-bond donors (Lipinski definition) is 2. The number of fused-ring (bicyclic) bond motifs is 3. The molecule has 2 amide bonds.